The zero-order chi connectivity index (χ0) is 19.9. The van der Waals surface area contributed by atoms with Crippen LogP contribution in [0.4, 0.5) is 9.18 Å². The summed E-state index contributed by atoms with van der Waals surface area (Å²) in [7, 11) is 0. The molecule has 0 radical (unpaired) electrons. The monoisotopic (exact) mass is 399 g/mol. The first-order valence-electron chi connectivity index (χ1n) is 9.29. The van der Waals surface area contributed by atoms with Crippen molar-refractivity contribution >= 4 is 29.0 Å². The number of hydrogen-bond donors (Lipinski definition) is 0. The Labute approximate surface area is 168 Å². The molecule has 28 heavy (non-hydrogen) atoms. The van der Waals surface area contributed by atoms with Crippen molar-refractivity contribution in [3.05, 3.63) is 70.4 Å². The van der Waals surface area contributed by atoms with Crippen LogP contribution in [0.1, 0.15) is 37.3 Å². The van der Waals surface area contributed by atoms with Crippen molar-refractivity contribution in [2.75, 3.05) is 6.54 Å². The fourth-order valence-corrected chi connectivity index (χ4v) is 3.68. The SMILES string of the molecule is CCCCCN1C(=O)S/C(=C\c2ccc(OCc3cccc(F)c3)cc2)C1=O. The van der Waals surface area contributed by atoms with Crippen LogP contribution in [-0.4, -0.2) is 22.6 Å². The third-order valence-corrected chi connectivity index (χ3v) is 5.24. The molecular formula is C22H22FNO3S. The van der Waals surface area contributed by atoms with E-state index in [1.54, 1.807) is 30.3 Å². The van der Waals surface area contributed by atoms with Gasteiger partial charge in [-0.25, -0.2) is 4.39 Å². The molecule has 1 aliphatic rings. The molecule has 3 rings (SSSR count). The molecule has 0 N–H and O–H groups in total. The Morgan fingerprint density at radius 1 is 1.11 bits per heavy atom. The van der Waals surface area contributed by atoms with E-state index in [1.807, 2.05) is 12.1 Å². The van der Waals surface area contributed by atoms with Gasteiger partial charge in [0.05, 0.1) is 4.91 Å². The molecule has 0 aliphatic carbocycles. The van der Waals surface area contributed by atoms with Gasteiger partial charge in [-0.15, -0.1) is 0 Å². The van der Waals surface area contributed by atoms with Gasteiger partial charge in [0.1, 0.15) is 18.2 Å². The van der Waals surface area contributed by atoms with Gasteiger partial charge in [-0.2, -0.15) is 0 Å². The van der Waals surface area contributed by atoms with Crippen molar-refractivity contribution in [3.8, 4) is 5.75 Å². The Morgan fingerprint density at radius 2 is 1.89 bits per heavy atom. The van der Waals surface area contributed by atoms with Crippen LogP contribution in [0, 0.1) is 5.82 Å². The number of imide groups is 1. The van der Waals surface area contributed by atoms with Crippen molar-refractivity contribution in [1.29, 1.82) is 0 Å². The van der Waals surface area contributed by atoms with Crippen LogP contribution in [0.3, 0.4) is 0 Å². The largest absolute Gasteiger partial charge is 0.489 e. The summed E-state index contributed by atoms with van der Waals surface area (Å²) < 4.78 is 18.9. The third kappa shape index (κ3) is 5.23. The van der Waals surface area contributed by atoms with Crippen LogP contribution in [0.25, 0.3) is 6.08 Å². The molecule has 0 saturated carbocycles. The van der Waals surface area contributed by atoms with Crippen LogP contribution >= 0.6 is 11.8 Å². The first-order chi connectivity index (χ1) is 13.6. The van der Waals surface area contributed by atoms with Crippen molar-refractivity contribution < 1.29 is 18.7 Å². The highest BCUT2D eigenvalue weighted by molar-refractivity contribution is 8.18. The molecule has 6 heteroatoms. The van der Waals surface area contributed by atoms with E-state index < -0.39 is 0 Å². The van der Waals surface area contributed by atoms with E-state index in [-0.39, 0.29) is 23.6 Å². The summed E-state index contributed by atoms with van der Waals surface area (Å²) in [4.78, 5) is 26.2. The van der Waals surface area contributed by atoms with Gasteiger partial charge in [-0.1, -0.05) is 44.0 Å². The van der Waals surface area contributed by atoms with E-state index >= 15 is 0 Å². The van der Waals surface area contributed by atoms with Crippen molar-refractivity contribution in [2.45, 2.75) is 32.8 Å². The number of carbonyl (C=O) groups excluding carboxylic acids is 2. The van der Waals surface area contributed by atoms with Gasteiger partial charge in [0, 0.05) is 6.54 Å². The maximum Gasteiger partial charge on any atom is 0.293 e. The molecule has 2 aromatic rings. The van der Waals surface area contributed by atoms with Crippen LogP contribution in [-0.2, 0) is 11.4 Å². The Morgan fingerprint density at radius 3 is 2.61 bits per heavy atom. The topological polar surface area (TPSA) is 46.6 Å². The highest BCUT2D eigenvalue weighted by Crippen LogP contribution is 2.32. The van der Waals surface area contributed by atoms with Crippen molar-refractivity contribution in [2.24, 2.45) is 0 Å². The third-order valence-electron chi connectivity index (χ3n) is 4.33. The van der Waals surface area contributed by atoms with Gasteiger partial charge in [-0.05, 0) is 59.7 Å². The number of nitrogens with zero attached hydrogens (tertiary/aromatic N) is 1. The van der Waals surface area contributed by atoms with E-state index in [2.05, 4.69) is 6.92 Å². The number of unbranched alkanes of at least 4 members (excludes halogenated alkanes) is 2. The molecule has 1 saturated heterocycles. The molecule has 2 amide bonds. The van der Waals surface area contributed by atoms with Gasteiger partial charge in [0.15, 0.2) is 0 Å². The molecule has 0 spiro atoms. The molecule has 0 atom stereocenters. The quantitative estimate of drug-likeness (QED) is 0.426. The standard InChI is InChI=1S/C22H22FNO3S/c1-2-3-4-12-24-21(25)20(28-22(24)26)14-16-8-10-19(11-9-16)27-15-17-6-5-7-18(23)13-17/h5-11,13-14H,2-4,12,15H2,1H3/b20-14-. The first kappa shape index (κ1) is 20.1. The van der Waals surface area contributed by atoms with E-state index in [1.165, 1.54) is 17.0 Å². The molecule has 1 fully saturated rings. The number of ether oxygens (including phenoxy) is 1. The highest BCUT2D eigenvalue weighted by atomic mass is 32.2. The lowest BCUT2D eigenvalue weighted by Crippen LogP contribution is -2.29. The average molecular weight is 399 g/mol. The van der Waals surface area contributed by atoms with Gasteiger partial charge in [0.25, 0.3) is 11.1 Å². The summed E-state index contributed by atoms with van der Waals surface area (Å²) in [6.07, 6.45) is 4.60. The molecule has 4 nitrogen and oxygen atoms in total. The highest BCUT2D eigenvalue weighted by Gasteiger charge is 2.34. The minimum Gasteiger partial charge on any atom is -0.489 e. The smallest absolute Gasteiger partial charge is 0.293 e. The van der Waals surface area contributed by atoms with Gasteiger partial charge in [-0.3, -0.25) is 14.5 Å². The molecule has 0 bridgehead atoms. The molecule has 0 aromatic heterocycles. The minimum atomic E-state index is -0.292. The number of carbonyl (C=O) groups is 2. The summed E-state index contributed by atoms with van der Waals surface area (Å²) in [6, 6.07) is 13.5. The maximum absolute atomic E-state index is 13.2. The fourth-order valence-electron chi connectivity index (χ4n) is 2.82. The molecule has 0 unspecified atom stereocenters. The van der Waals surface area contributed by atoms with Crippen LogP contribution < -0.4 is 4.74 Å². The van der Waals surface area contributed by atoms with Crippen molar-refractivity contribution in [1.82, 2.24) is 4.90 Å². The number of rotatable bonds is 8. The summed E-state index contributed by atoms with van der Waals surface area (Å²) in [6.45, 7) is 2.83. The number of hydrogen-bond acceptors (Lipinski definition) is 4. The van der Waals surface area contributed by atoms with Crippen LogP contribution in [0.15, 0.2) is 53.4 Å². The minimum absolute atomic E-state index is 0.206. The number of benzene rings is 2. The molecule has 146 valence electrons. The lowest BCUT2D eigenvalue weighted by Gasteiger charge is -2.11. The number of thioether (sulfide) groups is 1. The van der Waals surface area contributed by atoms with Crippen LogP contribution in [0.5, 0.6) is 5.75 Å². The summed E-state index contributed by atoms with van der Waals surface area (Å²) >= 11 is 0.980. The summed E-state index contributed by atoms with van der Waals surface area (Å²) in [5.41, 5.74) is 1.57. The van der Waals surface area contributed by atoms with E-state index in [9.17, 15) is 14.0 Å². The Kier molecular flexibility index (Phi) is 6.87. The normalized spacial score (nSPS) is 15.5. The Hall–Kier alpha value is -2.60. The Balaban J connectivity index is 1.60. The molecular weight excluding hydrogens is 377 g/mol. The van der Waals surface area contributed by atoms with E-state index in [0.29, 0.717) is 17.2 Å². The number of amides is 2. The van der Waals surface area contributed by atoms with E-state index in [4.69, 9.17) is 4.74 Å². The van der Waals surface area contributed by atoms with E-state index in [0.717, 1.165) is 42.2 Å². The zero-order valence-electron chi connectivity index (χ0n) is 15.7. The molecule has 1 heterocycles. The predicted molar refractivity (Wildman–Crippen MR) is 109 cm³/mol. The van der Waals surface area contributed by atoms with Gasteiger partial charge in [0.2, 0.25) is 0 Å². The second-order valence-corrected chi connectivity index (χ2v) is 7.52. The van der Waals surface area contributed by atoms with Gasteiger partial charge >= 0.3 is 0 Å². The molecule has 2 aromatic carbocycles. The lowest BCUT2D eigenvalue weighted by atomic mass is 10.2. The summed E-state index contributed by atoms with van der Waals surface area (Å²) in [5.74, 6) is 0.131. The fraction of sp³-hybridized carbons (Fsp3) is 0.273. The van der Waals surface area contributed by atoms with Gasteiger partial charge < -0.3 is 4.74 Å². The lowest BCUT2D eigenvalue weighted by molar-refractivity contribution is -0.122. The maximum atomic E-state index is 13.2. The van der Waals surface area contributed by atoms with Crippen LogP contribution in [0.2, 0.25) is 0 Å². The second kappa shape index (κ2) is 9.55. The predicted octanol–water partition coefficient (Wildman–Crippen LogP) is 5.63. The molecule has 1 aliphatic heterocycles. The van der Waals surface area contributed by atoms with Crippen molar-refractivity contribution in [3.63, 3.8) is 0 Å². The second-order valence-electron chi connectivity index (χ2n) is 6.53. The number of halogens is 1. The summed E-state index contributed by atoms with van der Waals surface area (Å²) in [5, 5.41) is -0.206. The average Bonchev–Trinajstić information content (AvgIpc) is 2.95. The first-order valence-corrected chi connectivity index (χ1v) is 10.1. The Bertz CT molecular complexity index is 880. The zero-order valence-corrected chi connectivity index (χ0v) is 16.5.